The molecule has 0 aliphatic rings. The second kappa shape index (κ2) is 9.59. The third-order valence-electron chi connectivity index (χ3n) is 2.77. The zero-order valence-electron chi connectivity index (χ0n) is 12.3. The summed E-state index contributed by atoms with van der Waals surface area (Å²) in [7, 11) is 1.14. The fraction of sp³-hybridized carbons (Fsp3) is 0.750. The maximum atomic E-state index is 12.1. The highest BCUT2D eigenvalue weighted by Crippen LogP contribution is 2.03. The van der Waals surface area contributed by atoms with Gasteiger partial charge in [-0.1, -0.05) is 13.8 Å². The Morgan fingerprint density at radius 3 is 2.19 bits per heavy atom. The molecule has 0 fully saturated rings. The summed E-state index contributed by atoms with van der Waals surface area (Å²) < 4.78 is 4.45. The van der Waals surface area contributed by atoms with E-state index in [4.69, 9.17) is 10.8 Å². The SMILES string of the molecule is COC(=O)[C@H](CO)NC(=O)[C@@H](NC(=O)[C@@H](N)CS)C(C)C. The van der Waals surface area contributed by atoms with E-state index in [-0.39, 0.29) is 11.7 Å². The number of amides is 2. The lowest BCUT2D eigenvalue weighted by atomic mass is 10.0. The molecule has 0 aliphatic heterocycles. The first-order valence-corrected chi connectivity index (χ1v) is 7.07. The van der Waals surface area contributed by atoms with Gasteiger partial charge in [0.05, 0.1) is 19.8 Å². The standard InChI is InChI=1S/C12H23N3O5S/c1-6(2)9(15-10(17)7(13)5-21)11(18)14-8(4-16)12(19)20-3/h6-9,16,21H,4-5,13H2,1-3H3,(H,14,18)(H,15,17)/t7-,8-,9-/m0/s1. The molecule has 2 amide bonds. The number of thiol groups is 1. The van der Waals surface area contributed by atoms with E-state index in [1.807, 2.05) is 0 Å². The monoisotopic (exact) mass is 321 g/mol. The molecule has 0 spiro atoms. The molecular weight excluding hydrogens is 298 g/mol. The number of esters is 1. The van der Waals surface area contributed by atoms with Crippen LogP contribution in [0.1, 0.15) is 13.8 Å². The molecule has 0 saturated heterocycles. The number of rotatable bonds is 8. The molecule has 0 aromatic rings. The van der Waals surface area contributed by atoms with Crippen molar-refractivity contribution in [2.45, 2.75) is 32.0 Å². The van der Waals surface area contributed by atoms with Crippen LogP contribution >= 0.6 is 12.6 Å². The number of hydrogen-bond donors (Lipinski definition) is 5. The molecule has 0 saturated carbocycles. The van der Waals surface area contributed by atoms with E-state index in [1.54, 1.807) is 13.8 Å². The second-order valence-corrected chi connectivity index (χ2v) is 5.15. The minimum absolute atomic E-state index is 0.139. The molecule has 0 radical (unpaired) electrons. The summed E-state index contributed by atoms with van der Waals surface area (Å²) in [4.78, 5) is 35.2. The van der Waals surface area contributed by atoms with E-state index < -0.39 is 42.5 Å². The van der Waals surface area contributed by atoms with Gasteiger partial charge >= 0.3 is 5.97 Å². The van der Waals surface area contributed by atoms with Gasteiger partial charge in [0.1, 0.15) is 6.04 Å². The van der Waals surface area contributed by atoms with Gasteiger partial charge in [-0.15, -0.1) is 0 Å². The highest BCUT2D eigenvalue weighted by molar-refractivity contribution is 7.80. The first kappa shape index (κ1) is 19.7. The van der Waals surface area contributed by atoms with Crippen molar-refractivity contribution in [3.63, 3.8) is 0 Å². The summed E-state index contributed by atoms with van der Waals surface area (Å²) in [6.07, 6.45) is 0. The Labute approximate surface area is 129 Å². The summed E-state index contributed by atoms with van der Waals surface area (Å²) in [6.45, 7) is 2.85. The van der Waals surface area contributed by atoms with Gasteiger partial charge in [-0.05, 0) is 5.92 Å². The van der Waals surface area contributed by atoms with Gasteiger partial charge in [0, 0.05) is 5.75 Å². The van der Waals surface area contributed by atoms with Crippen molar-refractivity contribution in [3.8, 4) is 0 Å². The van der Waals surface area contributed by atoms with Crippen LogP contribution < -0.4 is 16.4 Å². The molecule has 0 aliphatic carbocycles. The largest absolute Gasteiger partial charge is 0.467 e. The van der Waals surface area contributed by atoms with Gasteiger partial charge < -0.3 is 26.2 Å². The molecule has 3 atom stereocenters. The van der Waals surface area contributed by atoms with Gasteiger partial charge in [0.2, 0.25) is 11.8 Å². The lowest BCUT2D eigenvalue weighted by Crippen LogP contribution is -2.57. The zero-order valence-corrected chi connectivity index (χ0v) is 13.2. The average molecular weight is 321 g/mol. The lowest BCUT2D eigenvalue weighted by molar-refractivity contribution is -0.146. The van der Waals surface area contributed by atoms with Crippen LogP contribution in [0, 0.1) is 5.92 Å². The Morgan fingerprint density at radius 2 is 1.81 bits per heavy atom. The van der Waals surface area contributed by atoms with E-state index in [0.29, 0.717) is 0 Å². The Morgan fingerprint density at radius 1 is 1.24 bits per heavy atom. The average Bonchev–Trinajstić information content (AvgIpc) is 2.47. The molecule has 0 heterocycles. The second-order valence-electron chi connectivity index (χ2n) is 4.79. The third-order valence-corrected chi connectivity index (χ3v) is 3.16. The molecule has 0 aromatic heterocycles. The Kier molecular flexibility index (Phi) is 8.98. The fourth-order valence-corrected chi connectivity index (χ4v) is 1.63. The minimum atomic E-state index is -1.18. The Bertz CT molecular complexity index is 378. The first-order chi connectivity index (χ1) is 9.78. The van der Waals surface area contributed by atoms with Gasteiger partial charge in [0.25, 0.3) is 0 Å². The summed E-state index contributed by atoms with van der Waals surface area (Å²) >= 11 is 3.91. The number of aliphatic hydroxyl groups is 1. The molecule has 5 N–H and O–H groups in total. The number of carbonyl (C=O) groups is 3. The molecule has 0 bridgehead atoms. The molecule has 0 unspecified atom stereocenters. The topological polar surface area (TPSA) is 131 Å². The molecule has 21 heavy (non-hydrogen) atoms. The van der Waals surface area contributed by atoms with Crippen LogP contribution in [0.25, 0.3) is 0 Å². The molecule has 9 heteroatoms. The predicted molar refractivity (Wildman–Crippen MR) is 79.6 cm³/mol. The Hall–Kier alpha value is -1.32. The van der Waals surface area contributed by atoms with E-state index in [2.05, 4.69) is 28.0 Å². The van der Waals surface area contributed by atoms with Crippen molar-refractivity contribution in [2.75, 3.05) is 19.5 Å². The maximum absolute atomic E-state index is 12.1. The van der Waals surface area contributed by atoms with E-state index in [1.165, 1.54) is 0 Å². The number of ether oxygens (including phenoxy) is 1. The molecular formula is C12H23N3O5S. The molecule has 0 rings (SSSR count). The van der Waals surface area contributed by atoms with Crippen molar-refractivity contribution in [3.05, 3.63) is 0 Å². The zero-order chi connectivity index (χ0) is 16.6. The van der Waals surface area contributed by atoms with E-state index >= 15 is 0 Å². The highest BCUT2D eigenvalue weighted by atomic mass is 32.1. The number of hydrogen-bond acceptors (Lipinski definition) is 7. The summed E-state index contributed by atoms with van der Waals surface area (Å²) in [5, 5.41) is 13.9. The van der Waals surface area contributed by atoms with Gasteiger partial charge in [-0.2, -0.15) is 12.6 Å². The van der Waals surface area contributed by atoms with Crippen LogP contribution in [0.2, 0.25) is 0 Å². The molecule has 8 nitrogen and oxygen atoms in total. The van der Waals surface area contributed by atoms with Crippen LogP contribution in [0.15, 0.2) is 0 Å². The van der Waals surface area contributed by atoms with Crippen molar-refractivity contribution < 1.29 is 24.2 Å². The Balaban J connectivity index is 4.84. The van der Waals surface area contributed by atoms with Crippen LogP contribution in [0.5, 0.6) is 0 Å². The minimum Gasteiger partial charge on any atom is -0.467 e. The van der Waals surface area contributed by atoms with Gasteiger partial charge in [-0.3, -0.25) is 9.59 Å². The van der Waals surface area contributed by atoms with Crippen molar-refractivity contribution >= 4 is 30.4 Å². The number of carbonyl (C=O) groups excluding carboxylic acids is 3. The van der Waals surface area contributed by atoms with Crippen molar-refractivity contribution in [1.29, 1.82) is 0 Å². The van der Waals surface area contributed by atoms with Gasteiger partial charge in [-0.25, -0.2) is 4.79 Å². The maximum Gasteiger partial charge on any atom is 0.330 e. The summed E-state index contributed by atoms with van der Waals surface area (Å²) in [6, 6.07) is -2.90. The summed E-state index contributed by atoms with van der Waals surface area (Å²) in [5.41, 5.74) is 5.53. The first-order valence-electron chi connectivity index (χ1n) is 6.44. The predicted octanol–water partition coefficient (Wildman–Crippen LogP) is -1.97. The van der Waals surface area contributed by atoms with E-state index in [0.717, 1.165) is 7.11 Å². The quantitative estimate of drug-likeness (QED) is 0.260. The van der Waals surface area contributed by atoms with Crippen molar-refractivity contribution in [1.82, 2.24) is 10.6 Å². The fourth-order valence-electron chi connectivity index (χ4n) is 1.46. The molecule has 122 valence electrons. The molecule has 0 aromatic carbocycles. The smallest absolute Gasteiger partial charge is 0.330 e. The van der Waals surface area contributed by atoms with Crippen LogP contribution in [0.4, 0.5) is 0 Å². The van der Waals surface area contributed by atoms with Crippen LogP contribution in [-0.4, -0.2) is 60.5 Å². The summed E-state index contributed by atoms with van der Waals surface area (Å²) in [5.74, 6) is -1.99. The number of methoxy groups -OCH3 is 1. The van der Waals surface area contributed by atoms with Crippen molar-refractivity contribution in [2.24, 2.45) is 11.7 Å². The van der Waals surface area contributed by atoms with Gasteiger partial charge in [0.15, 0.2) is 6.04 Å². The number of nitrogens with two attached hydrogens (primary N) is 1. The third kappa shape index (κ3) is 6.32. The van der Waals surface area contributed by atoms with Crippen LogP contribution in [0.3, 0.4) is 0 Å². The normalized spacial score (nSPS) is 15.0. The highest BCUT2D eigenvalue weighted by Gasteiger charge is 2.29. The van der Waals surface area contributed by atoms with E-state index in [9.17, 15) is 14.4 Å². The number of nitrogens with one attached hydrogen (secondary N) is 2. The van der Waals surface area contributed by atoms with Crippen LogP contribution in [-0.2, 0) is 19.1 Å². The lowest BCUT2D eigenvalue weighted by Gasteiger charge is -2.24. The number of aliphatic hydroxyl groups excluding tert-OH is 1.